The molecule has 0 aromatic heterocycles. The molecule has 1 saturated heterocycles. The summed E-state index contributed by atoms with van der Waals surface area (Å²) in [7, 11) is 2.10. The van der Waals surface area contributed by atoms with Crippen LogP contribution in [0.3, 0.4) is 0 Å². The van der Waals surface area contributed by atoms with Gasteiger partial charge in [-0.05, 0) is 37.1 Å². The third kappa shape index (κ3) is 2.32. The second-order valence-electron chi connectivity index (χ2n) is 6.15. The lowest BCUT2D eigenvalue weighted by atomic mass is 9.64. The van der Waals surface area contributed by atoms with Crippen molar-refractivity contribution in [3.05, 3.63) is 71.8 Å². The largest absolute Gasteiger partial charge is 0.369 e. The van der Waals surface area contributed by atoms with E-state index in [1.165, 1.54) is 0 Å². The van der Waals surface area contributed by atoms with Gasteiger partial charge in [0.15, 0.2) is 0 Å². The summed E-state index contributed by atoms with van der Waals surface area (Å²) in [6, 6.07) is 20.0. The van der Waals surface area contributed by atoms with Crippen molar-refractivity contribution in [1.29, 1.82) is 0 Å². The molecule has 3 rings (SSSR count). The average Bonchev–Trinajstić information content (AvgIpc) is 2.97. The molecule has 1 aliphatic heterocycles. The highest BCUT2D eigenvalue weighted by molar-refractivity contribution is 5.91. The van der Waals surface area contributed by atoms with Crippen LogP contribution in [0.2, 0.25) is 0 Å². The van der Waals surface area contributed by atoms with Crippen molar-refractivity contribution in [3.8, 4) is 0 Å². The number of likely N-dealkylation sites (tertiary alicyclic amines) is 1. The monoisotopic (exact) mass is 294 g/mol. The first-order chi connectivity index (χ1) is 10.7. The van der Waals surface area contributed by atoms with Gasteiger partial charge in [-0.2, -0.15) is 0 Å². The fourth-order valence-corrected chi connectivity index (χ4v) is 3.81. The predicted octanol–water partition coefficient (Wildman–Crippen LogP) is 2.41. The van der Waals surface area contributed by atoms with Crippen molar-refractivity contribution in [2.24, 2.45) is 11.7 Å². The van der Waals surface area contributed by atoms with Crippen LogP contribution in [-0.4, -0.2) is 30.9 Å². The zero-order valence-electron chi connectivity index (χ0n) is 12.9. The van der Waals surface area contributed by atoms with E-state index in [0.717, 1.165) is 30.6 Å². The molecule has 1 amide bonds. The lowest BCUT2D eigenvalue weighted by Crippen LogP contribution is -2.49. The lowest BCUT2D eigenvalue weighted by molar-refractivity contribution is -0.123. The van der Waals surface area contributed by atoms with E-state index >= 15 is 0 Å². The molecule has 22 heavy (non-hydrogen) atoms. The number of nitrogens with zero attached hydrogens (tertiary/aromatic N) is 1. The number of carbonyl (C=O) groups is 1. The molecule has 0 bridgehead atoms. The van der Waals surface area contributed by atoms with E-state index in [2.05, 4.69) is 11.9 Å². The van der Waals surface area contributed by atoms with Gasteiger partial charge in [0.2, 0.25) is 5.91 Å². The smallest absolute Gasteiger partial charge is 0.232 e. The van der Waals surface area contributed by atoms with Crippen LogP contribution in [0, 0.1) is 5.92 Å². The summed E-state index contributed by atoms with van der Waals surface area (Å²) in [5.74, 6) is -0.0648. The Hall–Kier alpha value is -2.13. The van der Waals surface area contributed by atoms with E-state index in [0.29, 0.717) is 0 Å². The first kappa shape index (κ1) is 14.8. The first-order valence-electron chi connectivity index (χ1n) is 7.75. The van der Waals surface area contributed by atoms with Gasteiger partial charge in [-0.15, -0.1) is 0 Å². The number of hydrogen-bond donors (Lipinski definition) is 1. The Bertz CT molecular complexity index is 599. The standard InChI is InChI=1S/C19H22N2O/c1-21-13-12-17(14-21)19(18(20)22,15-8-4-2-5-9-15)16-10-6-3-7-11-16/h2-11,17H,12-14H2,1H3,(H2,20,22)/t17-/m1/s1. The molecule has 0 aliphatic carbocycles. The third-order valence-electron chi connectivity index (χ3n) is 4.85. The van der Waals surface area contributed by atoms with Crippen molar-refractivity contribution in [2.45, 2.75) is 11.8 Å². The molecule has 3 heteroatoms. The zero-order valence-corrected chi connectivity index (χ0v) is 12.9. The zero-order chi connectivity index (χ0) is 15.6. The van der Waals surface area contributed by atoms with Crippen molar-refractivity contribution < 1.29 is 4.79 Å². The number of carbonyl (C=O) groups excluding carboxylic acids is 1. The highest BCUT2D eigenvalue weighted by atomic mass is 16.1. The molecule has 0 spiro atoms. The summed E-state index contributed by atoms with van der Waals surface area (Å²) >= 11 is 0. The number of rotatable bonds is 4. The topological polar surface area (TPSA) is 46.3 Å². The minimum absolute atomic E-state index is 0.194. The van der Waals surface area contributed by atoms with Crippen LogP contribution in [0.1, 0.15) is 17.5 Å². The summed E-state index contributed by atoms with van der Waals surface area (Å²) in [5, 5.41) is 0. The SMILES string of the molecule is CN1CC[C@@H](C(C(N)=O)(c2ccccc2)c2ccccc2)C1. The Morgan fingerprint density at radius 2 is 1.55 bits per heavy atom. The molecule has 3 nitrogen and oxygen atoms in total. The Kier molecular flexibility index (Phi) is 3.99. The molecule has 1 aliphatic rings. The van der Waals surface area contributed by atoms with Crippen molar-refractivity contribution >= 4 is 5.91 Å². The van der Waals surface area contributed by atoms with Crippen LogP contribution >= 0.6 is 0 Å². The van der Waals surface area contributed by atoms with E-state index < -0.39 is 5.41 Å². The molecule has 0 saturated carbocycles. The normalized spacial score (nSPS) is 19.2. The third-order valence-corrected chi connectivity index (χ3v) is 4.85. The maximum Gasteiger partial charge on any atom is 0.232 e. The molecule has 114 valence electrons. The van der Waals surface area contributed by atoms with Gasteiger partial charge in [-0.3, -0.25) is 4.79 Å². The van der Waals surface area contributed by atoms with Crippen molar-refractivity contribution in [3.63, 3.8) is 0 Å². The van der Waals surface area contributed by atoms with Gasteiger partial charge in [0.25, 0.3) is 0 Å². The first-order valence-corrected chi connectivity index (χ1v) is 7.75. The second-order valence-corrected chi connectivity index (χ2v) is 6.15. The van der Waals surface area contributed by atoms with Crippen LogP contribution < -0.4 is 5.73 Å². The summed E-state index contributed by atoms with van der Waals surface area (Å²) in [4.78, 5) is 15.0. The van der Waals surface area contributed by atoms with Crippen LogP contribution in [-0.2, 0) is 10.2 Å². The van der Waals surface area contributed by atoms with Crippen LogP contribution in [0.5, 0.6) is 0 Å². The molecular weight excluding hydrogens is 272 g/mol. The molecule has 1 fully saturated rings. The van der Waals surface area contributed by atoms with E-state index in [1.54, 1.807) is 0 Å². The molecule has 0 radical (unpaired) electrons. The molecule has 2 N–H and O–H groups in total. The van der Waals surface area contributed by atoms with Gasteiger partial charge in [0.1, 0.15) is 5.41 Å². The van der Waals surface area contributed by atoms with Crippen LogP contribution in [0.15, 0.2) is 60.7 Å². The van der Waals surface area contributed by atoms with Gasteiger partial charge in [0.05, 0.1) is 0 Å². The van der Waals surface area contributed by atoms with E-state index in [4.69, 9.17) is 5.73 Å². The maximum atomic E-state index is 12.7. The fraction of sp³-hybridized carbons (Fsp3) is 0.316. The lowest BCUT2D eigenvalue weighted by Gasteiger charge is -2.37. The van der Waals surface area contributed by atoms with E-state index in [9.17, 15) is 4.79 Å². The van der Waals surface area contributed by atoms with Gasteiger partial charge >= 0.3 is 0 Å². The Labute approximate surface area is 131 Å². The maximum absolute atomic E-state index is 12.7. The number of amides is 1. The predicted molar refractivity (Wildman–Crippen MR) is 88.5 cm³/mol. The fourth-order valence-electron chi connectivity index (χ4n) is 3.81. The number of primary amides is 1. The quantitative estimate of drug-likeness (QED) is 0.941. The Morgan fingerprint density at radius 1 is 1.05 bits per heavy atom. The molecule has 1 atom stereocenters. The highest BCUT2D eigenvalue weighted by Crippen LogP contribution is 2.43. The van der Waals surface area contributed by atoms with Gasteiger partial charge in [0, 0.05) is 6.54 Å². The summed E-state index contributed by atoms with van der Waals surface area (Å²) in [6.07, 6.45) is 0.975. The summed E-state index contributed by atoms with van der Waals surface area (Å²) in [5.41, 5.74) is 7.24. The molecular formula is C19H22N2O. The Morgan fingerprint density at radius 3 is 1.91 bits per heavy atom. The van der Waals surface area contributed by atoms with Gasteiger partial charge in [-0.1, -0.05) is 60.7 Å². The van der Waals surface area contributed by atoms with Crippen LogP contribution in [0.25, 0.3) is 0 Å². The molecule has 0 unspecified atom stereocenters. The molecule has 2 aromatic rings. The van der Waals surface area contributed by atoms with Crippen molar-refractivity contribution in [1.82, 2.24) is 4.90 Å². The number of nitrogens with two attached hydrogens (primary N) is 1. The van der Waals surface area contributed by atoms with E-state index in [-0.39, 0.29) is 11.8 Å². The van der Waals surface area contributed by atoms with Gasteiger partial charge < -0.3 is 10.6 Å². The molecule has 1 heterocycles. The van der Waals surface area contributed by atoms with E-state index in [1.807, 2.05) is 60.7 Å². The molecule has 2 aromatic carbocycles. The minimum Gasteiger partial charge on any atom is -0.369 e. The summed E-state index contributed by atoms with van der Waals surface area (Å²) in [6.45, 7) is 1.88. The average molecular weight is 294 g/mol. The van der Waals surface area contributed by atoms with Crippen LogP contribution in [0.4, 0.5) is 0 Å². The summed E-state index contributed by atoms with van der Waals surface area (Å²) < 4.78 is 0. The number of benzene rings is 2. The highest BCUT2D eigenvalue weighted by Gasteiger charge is 2.48. The Balaban J connectivity index is 2.22. The number of hydrogen-bond acceptors (Lipinski definition) is 2. The second kappa shape index (κ2) is 5.93. The van der Waals surface area contributed by atoms with Crippen molar-refractivity contribution in [2.75, 3.05) is 20.1 Å². The van der Waals surface area contributed by atoms with Gasteiger partial charge in [-0.25, -0.2) is 0 Å². The minimum atomic E-state index is -0.757.